The number of ether oxygens (including phenoxy) is 3. The molecule has 0 N–H and O–H groups in total. The van der Waals surface area contributed by atoms with Crippen LogP contribution in [0.25, 0.3) is 0 Å². The van der Waals surface area contributed by atoms with Crippen LogP contribution in [0.5, 0.6) is 0 Å². The third-order valence-corrected chi connectivity index (χ3v) is 12.8. The van der Waals surface area contributed by atoms with Crippen molar-refractivity contribution in [3.8, 4) is 0 Å². The molecule has 0 aromatic carbocycles. The molecule has 0 aliphatic carbocycles. The minimum Gasteiger partial charge on any atom is -0.462 e. The molecular weight excluding hydrogens is 757 g/mol. The molecule has 61 heavy (non-hydrogen) atoms. The lowest BCUT2D eigenvalue weighted by atomic mass is 9.99. The van der Waals surface area contributed by atoms with E-state index in [1.54, 1.807) is 0 Å². The van der Waals surface area contributed by atoms with Crippen LogP contribution in [-0.4, -0.2) is 37.2 Å². The number of carbonyl (C=O) groups is 3. The Bertz CT molecular complexity index is 933. The van der Waals surface area contributed by atoms with E-state index in [1.807, 2.05) is 0 Å². The summed E-state index contributed by atoms with van der Waals surface area (Å²) < 4.78 is 16.8. The van der Waals surface area contributed by atoms with Gasteiger partial charge in [-0.15, -0.1) is 0 Å². The van der Waals surface area contributed by atoms with Gasteiger partial charge < -0.3 is 14.2 Å². The molecule has 0 saturated heterocycles. The summed E-state index contributed by atoms with van der Waals surface area (Å²) in [5, 5.41) is 0. The van der Waals surface area contributed by atoms with Gasteiger partial charge in [0.25, 0.3) is 0 Å². The van der Waals surface area contributed by atoms with Gasteiger partial charge >= 0.3 is 17.9 Å². The zero-order valence-electron chi connectivity index (χ0n) is 41.8. The lowest BCUT2D eigenvalue weighted by Gasteiger charge is -2.18. The van der Waals surface area contributed by atoms with E-state index >= 15 is 0 Å². The molecule has 6 nitrogen and oxygen atoms in total. The Morgan fingerprint density at radius 2 is 0.623 bits per heavy atom. The molecular formula is C55H106O6. The first-order valence-corrected chi connectivity index (χ1v) is 27.3. The number of hydrogen-bond donors (Lipinski definition) is 0. The van der Waals surface area contributed by atoms with Crippen molar-refractivity contribution in [1.29, 1.82) is 0 Å². The largest absolute Gasteiger partial charge is 0.462 e. The van der Waals surface area contributed by atoms with Crippen molar-refractivity contribution in [3.63, 3.8) is 0 Å². The maximum absolute atomic E-state index is 12.8. The maximum atomic E-state index is 12.8. The highest BCUT2D eigenvalue weighted by Gasteiger charge is 2.19. The summed E-state index contributed by atoms with van der Waals surface area (Å²) in [5.74, 6) is 0.888. The zero-order chi connectivity index (χ0) is 44.7. The van der Waals surface area contributed by atoms with E-state index in [-0.39, 0.29) is 31.1 Å². The fourth-order valence-electron chi connectivity index (χ4n) is 8.31. The van der Waals surface area contributed by atoms with Crippen molar-refractivity contribution in [2.75, 3.05) is 13.2 Å². The van der Waals surface area contributed by atoms with E-state index in [1.165, 1.54) is 193 Å². The van der Waals surface area contributed by atoms with Crippen molar-refractivity contribution in [2.24, 2.45) is 11.8 Å². The van der Waals surface area contributed by atoms with Crippen LogP contribution in [0.4, 0.5) is 0 Å². The molecule has 362 valence electrons. The van der Waals surface area contributed by atoms with Crippen molar-refractivity contribution in [1.82, 2.24) is 0 Å². The molecule has 0 heterocycles. The van der Waals surface area contributed by atoms with E-state index in [4.69, 9.17) is 14.2 Å². The highest BCUT2D eigenvalue weighted by atomic mass is 16.6. The first-order valence-electron chi connectivity index (χ1n) is 27.3. The summed E-state index contributed by atoms with van der Waals surface area (Å²) in [6.07, 6.45) is 49.4. The van der Waals surface area contributed by atoms with Gasteiger partial charge in [-0.3, -0.25) is 14.4 Å². The van der Waals surface area contributed by atoms with Gasteiger partial charge in [0.2, 0.25) is 0 Å². The van der Waals surface area contributed by atoms with Crippen molar-refractivity contribution in [3.05, 3.63) is 0 Å². The Labute approximate surface area is 380 Å². The van der Waals surface area contributed by atoms with Gasteiger partial charge in [0.05, 0.1) is 0 Å². The fraction of sp³-hybridized carbons (Fsp3) is 0.945. The number of hydrogen-bond acceptors (Lipinski definition) is 6. The van der Waals surface area contributed by atoms with Gasteiger partial charge in [0, 0.05) is 19.3 Å². The van der Waals surface area contributed by atoms with E-state index < -0.39 is 6.10 Å². The van der Waals surface area contributed by atoms with E-state index in [0.29, 0.717) is 19.3 Å². The van der Waals surface area contributed by atoms with Crippen LogP contribution in [0.3, 0.4) is 0 Å². The molecule has 0 spiro atoms. The van der Waals surface area contributed by atoms with Crippen molar-refractivity contribution >= 4 is 17.9 Å². The fourth-order valence-corrected chi connectivity index (χ4v) is 8.31. The lowest BCUT2D eigenvalue weighted by molar-refractivity contribution is -0.167. The Morgan fingerprint density at radius 1 is 0.344 bits per heavy atom. The molecule has 0 bridgehead atoms. The summed E-state index contributed by atoms with van der Waals surface area (Å²) in [7, 11) is 0. The molecule has 1 unspecified atom stereocenters. The number of unbranched alkanes of at least 4 members (excludes halogenated alkanes) is 33. The molecule has 2 atom stereocenters. The Kier molecular flexibility index (Phi) is 46.6. The molecule has 0 fully saturated rings. The Morgan fingerprint density at radius 3 is 0.934 bits per heavy atom. The maximum Gasteiger partial charge on any atom is 0.306 e. The van der Waals surface area contributed by atoms with Gasteiger partial charge in [-0.2, -0.15) is 0 Å². The second-order valence-electron chi connectivity index (χ2n) is 19.6. The van der Waals surface area contributed by atoms with Crippen LogP contribution < -0.4 is 0 Å². The van der Waals surface area contributed by atoms with Gasteiger partial charge in [-0.05, 0) is 31.1 Å². The third kappa shape index (κ3) is 47.7. The molecule has 0 aliphatic heterocycles. The number of esters is 3. The monoisotopic (exact) mass is 863 g/mol. The molecule has 0 aromatic rings. The lowest BCUT2D eigenvalue weighted by Crippen LogP contribution is -2.30. The molecule has 0 radical (unpaired) electrons. The van der Waals surface area contributed by atoms with Crippen LogP contribution in [-0.2, 0) is 28.6 Å². The first kappa shape index (κ1) is 59.4. The second-order valence-corrected chi connectivity index (χ2v) is 19.6. The van der Waals surface area contributed by atoms with Crippen molar-refractivity contribution < 1.29 is 28.6 Å². The Balaban J connectivity index is 4.24. The highest BCUT2D eigenvalue weighted by molar-refractivity contribution is 5.71. The molecule has 0 rings (SSSR count). The van der Waals surface area contributed by atoms with Crippen LogP contribution in [0.1, 0.15) is 304 Å². The predicted octanol–water partition coefficient (Wildman–Crippen LogP) is 17.7. The average molecular weight is 863 g/mol. The van der Waals surface area contributed by atoms with Gasteiger partial charge in [-0.25, -0.2) is 0 Å². The predicted molar refractivity (Wildman–Crippen MR) is 261 cm³/mol. The van der Waals surface area contributed by atoms with E-state index in [9.17, 15) is 14.4 Å². The summed E-state index contributed by atoms with van der Waals surface area (Å²) in [4.78, 5) is 37.9. The van der Waals surface area contributed by atoms with E-state index in [0.717, 1.165) is 69.6 Å². The van der Waals surface area contributed by atoms with Crippen molar-refractivity contribution in [2.45, 2.75) is 310 Å². The zero-order valence-corrected chi connectivity index (χ0v) is 41.8. The topological polar surface area (TPSA) is 78.9 Å². The van der Waals surface area contributed by atoms with Gasteiger partial charge in [-0.1, -0.05) is 266 Å². The quantitative estimate of drug-likeness (QED) is 0.0344. The Hall–Kier alpha value is -1.59. The highest BCUT2D eigenvalue weighted by Crippen LogP contribution is 2.18. The van der Waals surface area contributed by atoms with Gasteiger partial charge in [0.15, 0.2) is 6.10 Å². The molecule has 0 aliphatic rings. The van der Waals surface area contributed by atoms with Crippen LogP contribution in [0.15, 0.2) is 0 Å². The second kappa shape index (κ2) is 47.9. The molecule has 0 aromatic heterocycles. The van der Waals surface area contributed by atoms with Gasteiger partial charge in [0.1, 0.15) is 13.2 Å². The standard InChI is InChI=1S/C55H106O6/c1-6-8-9-10-11-23-30-35-40-45-53(56)59-48-52(61-55(58)47-42-37-32-27-22-18-14-15-19-24-28-33-38-43-50(3)4)49-60-54(57)46-41-36-31-26-21-17-13-12-16-20-25-29-34-39-44-51(5)7-2/h50-52H,6-49H2,1-5H3/t51?,52-/m0/s1. The normalized spacial score (nSPS) is 12.5. The van der Waals surface area contributed by atoms with E-state index in [2.05, 4.69) is 34.6 Å². The summed E-state index contributed by atoms with van der Waals surface area (Å²) >= 11 is 0. The third-order valence-electron chi connectivity index (χ3n) is 12.8. The molecule has 6 heteroatoms. The average Bonchev–Trinajstić information content (AvgIpc) is 3.24. The molecule has 0 saturated carbocycles. The summed E-state index contributed by atoms with van der Waals surface area (Å²) in [6.45, 7) is 11.4. The summed E-state index contributed by atoms with van der Waals surface area (Å²) in [5.41, 5.74) is 0. The van der Waals surface area contributed by atoms with Crippen LogP contribution >= 0.6 is 0 Å². The SMILES string of the molecule is CCCCCCCCCCCC(=O)OC[C@@H](COC(=O)CCCCCCCCCCCCCCCCC(C)CC)OC(=O)CCCCCCCCCCCCCCCC(C)C. The minimum atomic E-state index is -0.761. The first-order chi connectivity index (χ1) is 29.8. The van der Waals surface area contributed by atoms with Crippen LogP contribution in [0, 0.1) is 11.8 Å². The van der Waals surface area contributed by atoms with Crippen LogP contribution in [0.2, 0.25) is 0 Å². The summed E-state index contributed by atoms with van der Waals surface area (Å²) in [6, 6.07) is 0. The number of carbonyl (C=O) groups excluding carboxylic acids is 3. The molecule has 0 amide bonds. The smallest absolute Gasteiger partial charge is 0.306 e. The number of rotatable bonds is 49. The minimum absolute atomic E-state index is 0.0632.